The Morgan fingerprint density at radius 3 is 2.52 bits per heavy atom. The molecule has 0 unspecified atom stereocenters. The molecule has 0 aliphatic rings. The van der Waals surface area contributed by atoms with Crippen molar-refractivity contribution in [2.75, 3.05) is 0 Å². The number of nitrogens with one attached hydrogen (secondary N) is 1. The van der Waals surface area contributed by atoms with Crippen LogP contribution < -0.4 is 5.32 Å². The van der Waals surface area contributed by atoms with Crippen molar-refractivity contribution in [2.24, 2.45) is 0 Å². The molecule has 0 radical (unpaired) electrons. The van der Waals surface area contributed by atoms with Crippen LogP contribution in [-0.2, 0) is 11.3 Å². The molecule has 0 bridgehead atoms. The first-order valence-corrected chi connectivity index (χ1v) is 8.47. The van der Waals surface area contributed by atoms with E-state index in [1.165, 1.54) is 6.26 Å². The quantitative estimate of drug-likeness (QED) is 0.757. The molecule has 0 aromatic carbocycles. The number of hydrogen-bond acceptors (Lipinski definition) is 4. The van der Waals surface area contributed by atoms with Crippen LogP contribution in [0.2, 0.25) is 0 Å². The van der Waals surface area contributed by atoms with Crippen LogP contribution in [0.25, 0.3) is 0 Å². The molecule has 130 valence electrons. The van der Waals surface area contributed by atoms with Crippen molar-refractivity contribution >= 4 is 11.8 Å². The minimum Gasteiger partial charge on any atom is -0.446 e. The van der Waals surface area contributed by atoms with Crippen LogP contribution >= 0.6 is 0 Å². The Morgan fingerprint density at radius 2 is 1.96 bits per heavy atom. The van der Waals surface area contributed by atoms with Crippen LogP contribution in [0, 0.1) is 0 Å². The lowest BCUT2D eigenvalue weighted by Crippen LogP contribution is -2.37. The van der Waals surface area contributed by atoms with Crippen LogP contribution in [0.4, 0.5) is 0 Å². The van der Waals surface area contributed by atoms with Gasteiger partial charge in [0.1, 0.15) is 6.26 Å². The molecule has 1 rings (SSSR count). The zero-order valence-electron chi connectivity index (χ0n) is 14.9. The van der Waals surface area contributed by atoms with Crippen LogP contribution in [0.1, 0.15) is 76.7 Å². The Balaban J connectivity index is 2.78. The molecule has 0 spiro atoms. The molecule has 1 aromatic rings. The summed E-state index contributed by atoms with van der Waals surface area (Å²) in [5.74, 6) is 0.235. The Labute approximate surface area is 138 Å². The molecular weight excluding hydrogens is 294 g/mol. The van der Waals surface area contributed by atoms with E-state index in [-0.39, 0.29) is 29.6 Å². The van der Waals surface area contributed by atoms with Gasteiger partial charge in [0, 0.05) is 18.5 Å². The zero-order valence-corrected chi connectivity index (χ0v) is 14.9. The van der Waals surface area contributed by atoms with E-state index in [0.29, 0.717) is 18.9 Å². The maximum Gasteiger partial charge on any atom is 0.273 e. The minimum absolute atomic E-state index is 0.0883. The number of hydrogen-bond donors (Lipinski definition) is 1. The molecule has 1 aromatic heterocycles. The molecule has 6 heteroatoms. The number of amides is 2. The average molecular weight is 323 g/mol. The Morgan fingerprint density at radius 1 is 1.26 bits per heavy atom. The van der Waals surface area contributed by atoms with E-state index in [1.807, 2.05) is 34.6 Å². The van der Waals surface area contributed by atoms with Crippen molar-refractivity contribution < 1.29 is 14.0 Å². The van der Waals surface area contributed by atoms with Gasteiger partial charge in [-0.3, -0.25) is 9.59 Å². The summed E-state index contributed by atoms with van der Waals surface area (Å²) in [7, 11) is 0. The van der Waals surface area contributed by atoms with Gasteiger partial charge in [-0.2, -0.15) is 0 Å². The van der Waals surface area contributed by atoms with E-state index >= 15 is 0 Å². The molecule has 2 amide bonds. The predicted molar refractivity (Wildman–Crippen MR) is 88.9 cm³/mol. The van der Waals surface area contributed by atoms with E-state index in [0.717, 1.165) is 19.3 Å². The van der Waals surface area contributed by atoms with E-state index in [2.05, 4.69) is 10.3 Å². The summed E-state index contributed by atoms with van der Waals surface area (Å²) in [4.78, 5) is 30.3. The molecular formula is C17H29N3O3. The van der Waals surface area contributed by atoms with Crippen LogP contribution in [0.5, 0.6) is 0 Å². The first-order chi connectivity index (χ1) is 10.9. The average Bonchev–Trinajstić information content (AvgIpc) is 3.00. The van der Waals surface area contributed by atoms with Gasteiger partial charge in [0.25, 0.3) is 5.91 Å². The largest absolute Gasteiger partial charge is 0.446 e. The van der Waals surface area contributed by atoms with Gasteiger partial charge in [0.2, 0.25) is 11.8 Å². The number of oxazole rings is 1. The Bertz CT molecular complexity index is 513. The van der Waals surface area contributed by atoms with E-state index in [1.54, 1.807) is 4.90 Å². The van der Waals surface area contributed by atoms with Crippen molar-refractivity contribution in [3.05, 3.63) is 17.8 Å². The second-order valence-electron chi connectivity index (χ2n) is 5.94. The molecule has 6 nitrogen and oxygen atoms in total. The fourth-order valence-corrected chi connectivity index (χ4v) is 2.10. The van der Waals surface area contributed by atoms with E-state index < -0.39 is 0 Å². The maximum absolute atomic E-state index is 12.3. The van der Waals surface area contributed by atoms with Crippen LogP contribution in [0.3, 0.4) is 0 Å². The third-order valence-corrected chi connectivity index (χ3v) is 3.99. The monoisotopic (exact) mass is 323 g/mol. The van der Waals surface area contributed by atoms with Crippen molar-refractivity contribution in [1.29, 1.82) is 0 Å². The van der Waals surface area contributed by atoms with Crippen molar-refractivity contribution in [2.45, 2.75) is 78.9 Å². The molecule has 2 atom stereocenters. The van der Waals surface area contributed by atoms with Gasteiger partial charge in [0.05, 0.1) is 6.54 Å². The first-order valence-electron chi connectivity index (χ1n) is 8.47. The molecule has 0 aliphatic carbocycles. The van der Waals surface area contributed by atoms with Crippen molar-refractivity contribution in [1.82, 2.24) is 15.2 Å². The van der Waals surface area contributed by atoms with Gasteiger partial charge in [-0.25, -0.2) is 4.98 Å². The first kappa shape index (κ1) is 19.2. The normalized spacial score (nSPS) is 13.4. The molecule has 1 N–H and O–H groups in total. The fraction of sp³-hybridized carbons (Fsp3) is 0.706. The fourth-order valence-electron chi connectivity index (χ4n) is 2.10. The summed E-state index contributed by atoms with van der Waals surface area (Å²) in [6.45, 7) is 10.3. The minimum atomic E-state index is -0.246. The predicted octanol–water partition coefficient (Wildman–Crippen LogP) is 3.13. The smallest absolute Gasteiger partial charge is 0.273 e. The highest BCUT2D eigenvalue weighted by molar-refractivity contribution is 5.92. The summed E-state index contributed by atoms with van der Waals surface area (Å²) < 4.78 is 5.39. The summed E-state index contributed by atoms with van der Waals surface area (Å²) in [6, 6.07) is 0.198. The topological polar surface area (TPSA) is 75.4 Å². The van der Waals surface area contributed by atoms with Crippen molar-refractivity contribution in [3.8, 4) is 0 Å². The highest BCUT2D eigenvalue weighted by Crippen LogP contribution is 2.13. The SMILES string of the molecule is CCCC(=O)N(Cc1nc(C(=O)N[C@H](C)CC)co1)[C@H](C)CC. The van der Waals surface area contributed by atoms with Gasteiger partial charge in [-0.15, -0.1) is 0 Å². The van der Waals surface area contributed by atoms with Crippen LogP contribution in [0.15, 0.2) is 10.7 Å². The van der Waals surface area contributed by atoms with E-state index in [4.69, 9.17) is 4.42 Å². The third kappa shape index (κ3) is 5.69. The van der Waals surface area contributed by atoms with Gasteiger partial charge >= 0.3 is 0 Å². The third-order valence-electron chi connectivity index (χ3n) is 3.99. The maximum atomic E-state index is 12.3. The van der Waals surface area contributed by atoms with Crippen LogP contribution in [-0.4, -0.2) is 33.8 Å². The van der Waals surface area contributed by atoms with Gasteiger partial charge in [-0.1, -0.05) is 20.8 Å². The lowest BCUT2D eigenvalue weighted by molar-refractivity contribution is -0.134. The Kier molecular flexibility index (Phi) is 7.78. The molecule has 0 fully saturated rings. The molecule has 0 saturated heterocycles. The second-order valence-corrected chi connectivity index (χ2v) is 5.94. The standard InChI is InChI=1S/C17H29N3O3/c1-6-9-16(21)20(13(5)8-3)10-15-19-14(11-23-15)17(22)18-12(4)7-2/h11-13H,6-10H2,1-5H3,(H,18,22)/t12-,13-/m1/s1. The lowest BCUT2D eigenvalue weighted by atomic mass is 10.2. The summed E-state index contributed by atoms with van der Waals surface area (Å²) >= 11 is 0. The molecule has 23 heavy (non-hydrogen) atoms. The van der Waals surface area contributed by atoms with Crippen molar-refractivity contribution in [3.63, 3.8) is 0 Å². The Hall–Kier alpha value is -1.85. The van der Waals surface area contributed by atoms with Gasteiger partial charge in [-0.05, 0) is 33.1 Å². The number of rotatable bonds is 9. The summed E-state index contributed by atoms with van der Waals surface area (Å²) in [5, 5.41) is 2.85. The number of carbonyl (C=O) groups is 2. The van der Waals surface area contributed by atoms with E-state index in [9.17, 15) is 9.59 Å². The number of aromatic nitrogens is 1. The highest BCUT2D eigenvalue weighted by atomic mass is 16.3. The summed E-state index contributed by atoms with van der Waals surface area (Å²) in [6.07, 6.45) is 4.37. The lowest BCUT2D eigenvalue weighted by Gasteiger charge is -2.27. The number of nitrogens with zero attached hydrogens (tertiary/aromatic N) is 2. The molecule has 1 heterocycles. The van der Waals surface area contributed by atoms with Gasteiger partial charge < -0.3 is 14.6 Å². The van der Waals surface area contributed by atoms with Gasteiger partial charge in [0.15, 0.2) is 5.69 Å². The highest BCUT2D eigenvalue weighted by Gasteiger charge is 2.22. The zero-order chi connectivity index (χ0) is 17.4. The second kappa shape index (κ2) is 9.33. The molecule has 0 saturated carbocycles. The summed E-state index contributed by atoms with van der Waals surface area (Å²) in [5.41, 5.74) is 0.257. The molecule has 0 aliphatic heterocycles. The number of carbonyl (C=O) groups excluding carboxylic acids is 2.